The predicted octanol–water partition coefficient (Wildman–Crippen LogP) is 4.70. The zero-order valence-electron chi connectivity index (χ0n) is 11.1. The molecule has 0 saturated heterocycles. The molecular weight excluding hydrogens is 237 g/mol. The molecule has 1 unspecified atom stereocenters. The van der Waals surface area contributed by atoms with Gasteiger partial charge in [0.05, 0.1) is 6.04 Å². The van der Waals surface area contributed by atoms with Gasteiger partial charge in [0.1, 0.15) is 5.82 Å². The van der Waals surface area contributed by atoms with Crippen molar-refractivity contribution in [1.82, 2.24) is 0 Å². The summed E-state index contributed by atoms with van der Waals surface area (Å²) < 4.78 is 13.5. The maximum atomic E-state index is 13.5. The number of anilines is 1. The highest BCUT2D eigenvalue weighted by Crippen LogP contribution is 2.42. The molecule has 19 heavy (non-hydrogen) atoms. The van der Waals surface area contributed by atoms with Gasteiger partial charge in [-0.25, -0.2) is 4.39 Å². The first-order valence-corrected chi connectivity index (χ1v) is 6.81. The van der Waals surface area contributed by atoms with E-state index in [4.69, 9.17) is 0 Å². The molecule has 0 aliphatic heterocycles. The van der Waals surface area contributed by atoms with Crippen molar-refractivity contribution >= 4 is 5.69 Å². The lowest BCUT2D eigenvalue weighted by atomic mass is 10.0. The van der Waals surface area contributed by atoms with Crippen LogP contribution in [0.15, 0.2) is 48.5 Å². The van der Waals surface area contributed by atoms with Crippen molar-refractivity contribution < 1.29 is 4.39 Å². The summed E-state index contributed by atoms with van der Waals surface area (Å²) in [6, 6.07) is 15.9. The Morgan fingerprint density at radius 1 is 1.11 bits per heavy atom. The first-order chi connectivity index (χ1) is 9.22. The van der Waals surface area contributed by atoms with Gasteiger partial charge in [-0.3, -0.25) is 0 Å². The summed E-state index contributed by atoms with van der Waals surface area (Å²) in [5.41, 5.74) is 3.11. The second kappa shape index (κ2) is 5.04. The Morgan fingerprint density at radius 2 is 1.84 bits per heavy atom. The third-order valence-corrected chi connectivity index (χ3v) is 3.62. The molecule has 98 valence electrons. The number of nitrogens with one attached hydrogen (secondary N) is 1. The molecule has 1 aliphatic rings. The van der Waals surface area contributed by atoms with E-state index in [2.05, 4.69) is 29.6 Å². The maximum Gasteiger partial charge on any atom is 0.125 e. The standard InChI is InChI=1S/C17H18FN/c1-12-9-15(18)11-16(10-12)19-17(14-7-8-14)13-5-3-2-4-6-13/h2-6,9-11,14,17,19H,7-8H2,1H3. The van der Waals surface area contributed by atoms with Crippen LogP contribution in [0.5, 0.6) is 0 Å². The highest BCUT2D eigenvalue weighted by atomic mass is 19.1. The Hall–Kier alpha value is -1.83. The molecule has 0 aromatic heterocycles. The quantitative estimate of drug-likeness (QED) is 0.835. The van der Waals surface area contributed by atoms with Crippen molar-refractivity contribution in [2.75, 3.05) is 5.32 Å². The van der Waals surface area contributed by atoms with Crippen LogP contribution in [-0.4, -0.2) is 0 Å². The zero-order valence-corrected chi connectivity index (χ0v) is 11.1. The third kappa shape index (κ3) is 2.95. The highest BCUT2D eigenvalue weighted by Gasteiger charge is 2.32. The van der Waals surface area contributed by atoms with Gasteiger partial charge in [0.25, 0.3) is 0 Å². The normalized spacial score (nSPS) is 16.1. The number of benzene rings is 2. The lowest BCUT2D eigenvalue weighted by Crippen LogP contribution is -2.13. The molecule has 1 aliphatic carbocycles. The number of hydrogen-bond donors (Lipinski definition) is 1. The van der Waals surface area contributed by atoms with E-state index >= 15 is 0 Å². The minimum atomic E-state index is -0.176. The predicted molar refractivity (Wildman–Crippen MR) is 76.7 cm³/mol. The second-order valence-electron chi connectivity index (χ2n) is 5.39. The summed E-state index contributed by atoms with van der Waals surface area (Å²) in [6.07, 6.45) is 2.50. The molecule has 3 rings (SSSR count). The Labute approximate surface area is 113 Å². The van der Waals surface area contributed by atoms with Crippen LogP contribution in [-0.2, 0) is 0 Å². The second-order valence-corrected chi connectivity index (χ2v) is 5.39. The van der Waals surface area contributed by atoms with E-state index in [1.54, 1.807) is 12.1 Å². The van der Waals surface area contributed by atoms with Gasteiger partial charge in [0, 0.05) is 5.69 Å². The summed E-state index contributed by atoms with van der Waals surface area (Å²) in [7, 11) is 0. The smallest absolute Gasteiger partial charge is 0.125 e. The minimum absolute atomic E-state index is 0.176. The van der Waals surface area contributed by atoms with Crippen molar-refractivity contribution in [3.8, 4) is 0 Å². The van der Waals surface area contributed by atoms with Crippen LogP contribution >= 0.6 is 0 Å². The van der Waals surface area contributed by atoms with Crippen LogP contribution in [0.25, 0.3) is 0 Å². The van der Waals surface area contributed by atoms with Gasteiger partial charge in [-0.05, 0) is 55.0 Å². The van der Waals surface area contributed by atoms with Crippen LogP contribution in [0.2, 0.25) is 0 Å². The molecular formula is C17H18FN. The van der Waals surface area contributed by atoms with Crippen molar-refractivity contribution in [2.45, 2.75) is 25.8 Å². The monoisotopic (exact) mass is 255 g/mol. The Balaban J connectivity index is 1.86. The fourth-order valence-electron chi connectivity index (χ4n) is 2.56. The molecule has 1 N–H and O–H groups in total. The maximum absolute atomic E-state index is 13.5. The number of aryl methyl sites for hydroxylation is 1. The molecule has 0 amide bonds. The van der Waals surface area contributed by atoms with Crippen molar-refractivity contribution in [3.63, 3.8) is 0 Å². The van der Waals surface area contributed by atoms with E-state index in [9.17, 15) is 4.39 Å². The zero-order chi connectivity index (χ0) is 13.2. The Bertz CT molecular complexity index is 540. The Morgan fingerprint density at radius 3 is 2.47 bits per heavy atom. The molecule has 1 saturated carbocycles. The molecule has 2 aromatic carbocycles. The molecule has 1 fully saturated rings. The van der Waals surface area contributed by atoms with E-state index in [0.29, 0.717) is 12.0 Å². The molecule has 0 spiro atoms. The van der Waals surface area contributed by atoms with E-state index in [1.807, 2.05) is 19.1 Å². The van der Waals surface area contributed by atoms with Crippen molar-refractivity contribution in [1.29, 1.82) is 0 Å². The molecule has 1 nitrogen and oxygen atoms in total. The fraction of sp³-hybridized carbons (Fsp3) is 0.294. The first kappa shape index (κ1) is 12.2. The van der Waals surface area contributed by atoms with Crippen LogP contribution in [0.3, 0.4) is 0 Å². The Kier molecular flexibility index (Phi) is 3.24. The topological polar surface area (TPSA) is 12.0 Å². The fourth-order valence-corrected chi connectivity index (χ4v) is 2.56. The van der Waals surface area contributed by atoms with Crippen LogP contribution < -0.4 is 5.32 Å². The molecule has 0 heterocycles. The summed E-state index contributed by atoms with van der Waals surface area (Å²) in [4.78, 5) is 0. The SMILES string of the molecule is Cc1cc(F)cc(NC(c2ccccc2)C2CC2)c1. The third-order valence-electron chi connectivity index (χ3n) is 3.62. The van der Waals surface area contributed by atoms with Crippen LogP contribution in [0.4, 0.5) is 10.1 Å². The van der Waals surface area contributed by atoms with Gasteiger partial charge >= 0.3 is 0 Å². The van der Waals surface area contributed by atoms with Gasteiger partial charge in [-0.2, -0.15) is 0 Å². The van der Waals surface area contributed by atoms with Crippen molar-refractivity contribution in [3.05, 3.63) is 65.5 Å². The molecule has 0 radical (unpaired) electrons. The summed E-state index contributed by atoms with van der Waals surface area (Å²) in [5.74, 6) is 0.496. The average molecular weight is 255 g/mol. The number of halogens is 1. The van der Waals surface area contributed by atoms with Crippen LogP contribution in [0.1, 0.15) is 30.0 Å². The van der Waals surface area contributed by atoms with Gasteiger partial charge in [0.2, 0.25) is 0 Å². The molecule has 1 atom stereocenters. The molecule has 0 bridgehead atoms. The molecule has 2 heteroatoms. The lowest BCUT2D eigenvalue weighted by molar-refractivity contribution is 0.624. The average Bonchev–Trinajstić information content (AvgIpc) is 3.20. The van der Waals surface area contributed by atoms with Crippen molar-refractivity contribution in [2.24, 2.45) is 5.92 Å². The van der Waals surface area contributed by atoms with E-state index < -0.39 is 0 Å². The lowest BCUT2D eigenvalue weighted by Gasteiger charge is -2.20. The number of rotatable bonds is 4. The van der Waals surface area contributed by atoms with Gasteiger partial charge < -0.3 is 5.32 Å². The van der Waals surface area contributed by atoms with Gasteiger partial charge in [-0.15, -0.1) is 0 Å². The van der Waals surface area contributed by atoms with Crippen LogP contribution in [0, 0.1) is 18.7 Å². The highest BCUT2D eigenvalue weighted by molar-refractivity contribution is 5.48. The van der Waals surface area contributed by atoms with E-state index in [-0.39, 0.29) is 5.82 Å². The van der Waals surface area contributed by atoms with Gasteiger partial charge in [-0.1, -0.05) is 30.3 Å². The minimum Gasteiger partial charge on any atom is -0.378 e. The molecule has 2 aromatic rings. The number of hydrogen-bond acceptors (Lipinski definition) is 1. The summed E-state index contributed by atoms with van der Waals surface area (Å²) >= 11 is 0. The summed E-state index contributed by atoms with van der Waals surface area (Å²) in [5, 5.41) is 3.50. The summed E-state index contributed by atoms with van der Waals surface area (Å²) in [6.45, 7) is 1.92. The first-order valence-electron chi connectivity index (χ1n) is 6.81. The van der Waals surface area contributed by atoms with Gasteiger partial charge in [0.15, 0.2) is 0 Å². The van der Waals surface area contributed by atoms with E-state index in [0.717, 1.165) is 11.3 Å². The largest absolute Gasteiger partial charge is 0.378 e. The van der Waals surface area contributed by atoms with E-state index in [1.165, 1.54) is 18.4 Å².